The molecule has 2 aromatic heterocycles. The van der Waals surface area contributed by atoms with Crippen LogP contribution in [0.25, 0.3) is 0 Å². The summed E-state index contributed by atoms with van der Waals surface area (Å²) in [5.74, 6) is 0.499. The van der Waals surface area contributed by atoms with Gasteiger partial charge in [0.1, 0.15) is 24.4 Å². The summed E-state index contributed by atoms with van der Waals surface area (Å²) in [6, 6.07) is 12.3. The molecular weight excluding hydrogens is 477 g/mol. The summed E-state index contributed by atoms with van der Waals surface area (Å²) in [7, 11) is 0. The number of para-hydroxylation sites is 1. The van der Waals surface area contributed by atoms with Gasteiger partial charge in [-0.2, -0.15) is 0 Å². The monoisotopic (exact) mass is 491 g/mol. The molecule has 0 unspecified atom stereocenters. The minimum absolute atomic E-state index is 0.0503. The van der Waals surface area contributed by atoms with Gasteiger partial charge < -0.3 is 9.26 Å². The minimum Gasteiger partial charge on any atom is -0.487 e. The molecule has 8 nitrogen and oxygen atoms in total. The number of halogens is 3. The fourth-order valence-electron chi connectivity index (χ4n) is 2.89. The van der Waals surface area contributed by atoms with Gasteiger partial charge in [0.25, 0.3) is 5.91 Å². The van der Waals surface area contributed by atoms with E-state index < -0.39 is 5.91 Å². The molecule has 0 spiro atoms. The molecule has 0 aliphatic carbocycles. The summed E-state index contributed by atoms with van der Waals surface area (Å²) >= 11 is 18.5. The van der Waals surface area contributed by atoms with Gasteiger partial charge in [-0.3, -0.25) is 10.1 Å². The number of ether oxygens (including phenoxy) is 1. The van der Waals surface area contributed by atoms with E-state index in [0.29, 0.717) is 44.2 Å². The Morgan fingerprint density at radius 3 is 2.53 bits per heavy atom. The number of carbonyl (C=O) groups is 1. The zero-order valence-electron chi connectivity index (χ0n) is 16.7. The summed E-state index contributed by atoms with van der Waals surface area (Å²) < 4.78 is 12.4. The summed E-state index contributed by atoms with van der Waals surface area (Å²) in [6.45, 7) is 2.03. The predicted octanol–water partition coefficient (Wildman–Crippen LogP) is 5.41. The molecule has 0 atom stereocenters. The number of nitrogens with one attached hydrogen (secondary N) is 1. The highest BCUT2D eigenvalue weighted by molar-refractivity contribution is 6.36. The molecule has 0 aliphatic heterocycles. The standard InChI is InChI=1S/C21H16Cl3N5O3/c1-12-14(10-31-18-8-3-2-5-17(18)24)19(28-32-12)20(30)26-21-25-11-29(27-21)9-13-15(22)6-4-7-16(13)23/h2-8,11H,9-10H2,1H3,(H,26,27,30). The quantitative estimate of drug-likeness (QED) is 0.370. The molecule has 0 radical (unpaired) electrons. The van der Waals surface area contributed by atoms with Crippen molar-refractivity contribution in [2.75, 3.05) is 5.32 Å². The van der Waals surface area contributed by atoms with E-state index in [-0.39, 0.29) is 18.2 Å². The highest BCUT2D eigenvalue weighted by Gasteiger charge is 2.22. The predicted molar refractivity (Wildman–Crippen MR) is 121 cm³/mol. The molecule has 4 aromatic rings. The minimum atomic E-state index is -0.534. The topological polar surface area (TPSA) is 95.1 Å². The highest BCUT2D eigenvalue weighted by atomic mass is 35.5. The molecule has 0 bridgehead atoms. The van der Waals surface area contributed by atoms with E-state index in [2.05, 4.69) is 20.6 Å². The maximum atomic E-state index is 12.8. The van der Waals surface area contributed by atoms with Crippen LogP contribution in [-0.2, 0) is 13.2 Å². The Bertz CT molecular complexity index is 1250. The molecule has 32 heavy (non-hydrogen) atoms. The van der Waals surface area contributed by atoms with E-state index in [1.54, 1.807) is 49.4 Å². The summed E-state index contributed by atoms with van der Waals surface area (Å²) in [5.41, 5.74) is 1.26. The molecule has 4 rings (SSSR count). The van der Waals surface area contributed by atoms with Crippen molar-refractivity contribution in [3.05, 3.63) is 86.4 Å². The van der Waals surface area contributed by atoms with Crippen LogP contribution in [0, 0.1) is 6.92 Å². The first kappa shape index (κ1) is 22.1. The smallest absolute Gasteiger partial charge is 0.280 e. The third-order valence-electron chi connectivity index (χ3n) is 4.55. The fraction of sp³-hybridized carbons (Fsp3) is 0.143. The second kappa shape index (κ2) is 9.60. The van der Waals surface area contributed by atoms with Crippen LogP contribution in [0.2, 0.25) is 15.1 Å². The van der Waals surface area contributed by atoms with Crippen LogP contribution in [-0.4, -0.2) is 25.8 Å². The van der Waals surface area contributed by atoms with Crippen molar-refractivity contribution in [1.29, 1.82) is 0 Å². The molecule has 2 heterocycles. The second-order valence-corrected chi connectivity index (χ2v) is 7.93. The van der Waals surface area contributed by atoms with Crippen molar-refractivity contribution >= 4 is 46.7 Å². The lowest BCUT2D eigenvalue weighted by atomic mass is 10.2. The van der Waals surface area contributed by atoms with Crippen molar-refractivity contribution in [1.82, 2.24) is 19.9 Å². The number of amides is 1. The first-order valence-corrected chi connectivity index (χ1v) is 10.5. The summed E-state index contributed by atoms with van der Waals surface area (Å²) in [5, 5.41) is 12.2. The van der Waals surface area contributed by atoms with Crippen molar-refractivity contribution in [3.63, 3.8) is 0 Å². The number of hydrogen-bond acceptors (Lipinski definition) is 6. The first-order chi connectivity index (χ1) is 15.4. The summed E-state index contributed by atoms with van der Waals surface area (Å²) in [4.78, 5) is 16.9. The van der Waals surface area contributed by atoms with E-state index in [1.165, 1.54) is 11.0 Å². The van der Waals surface area contributed by atoms with Gasteiger partial charge in [0.2, 0.25) is 5.95 Å². The Labute approximate surface area is 198 Å². The summed E-state index contributed by atoms with van der Waals surface area (Å²) in [6.07, 6.45) is 1.46. The largest absolute Gasteiger partial charge is 0.487 e. The maximum absolute atomic E-state index is 12.8. The Kier molecular flexibility index (Phi) is 6.64. The molecule has 2 aromatic carbocycles. The van der Waals surface area contributed by atoms with Crippen LogP contribution < -0.4 is 10.1 Å². The van der Waals surface area contributed by atoms with Crippen LogP contribution in [0.3, 0.4) is 0 Å². The van der Waals surface area contributed by atoms with E-state index in [1.807, 2.05) is 0 Å². The van der Waals surface area contributed by atoms with Crippen LogP contribution in [0.4, 0.5) is 5.95 Å². The van der Waals surface area contributed by atoms with Gasteiger partial charge in [0.05, 0.1) is 17.1 Å². The first-order valence-electron chi connectivity index (χ1n) is 9.38. The van der Waals surface area contributed by atoms with Gasteiger partial charge in [-0.15, -0.1) is 5.10 Å². The van der Waals surface area contributed by atoms with Crippen molar-refractivity contribution in [2.24, 2.45) is 0 Å². The second-order valence-electron chi connectivity index (χ2n) is 6.71. The molecule has 1 N–H and O–H groups in total. The normalized spacial score (nSPS) is 10.9. The average molecular weight is 493 g/mol. The van der Waals surface area contributed by atoms with Crippen LogP contribution in [0.15, 0.2) is 53.3 Å². The number of carbonyl (C=O) groups excluding carboxylic acids is 1. The third-order valence-corrected chi connectivity index (χ3v) is 5.57. The highest BCUT2D eigenvalue weighted by Crippen LogP contribution is 2.26. The Balaban J connectivity index is 1.45. The number of benzene rings is 2. The van der Waals surface area contributed by atoms with Gasteiger partial charge in [-0.25, -0.2) is 9.67 Å². The lowest BCUT2D eigenvalue weighted by Crippen LogP contribution is -2.16. The van der Waals surface area contributed by atoms with E-state index in [0.717, 1.165) is 0 Å². The lowest BCUT2D eigenvalue weighted by Gasteiger charge is -2.08. The maximum Gasteiger partial charge on any atom is 0.280 e. The molecule has 0 fully saturated rings. The van der Waals surface area contributed by atoms with Crippen molar-refractivity contribution in [3.8, 4) is 5.75 Å². The van der Waals surface area contributed by atoms with Gasteiger partial charge in [-0.1, -0.05) is 58.2 Å². The number of nitrogens with zero attached hydrogens (tertiary/aromatic N) is 4. The van der Waals surface area contributed by atoms with Gasteiger partial charge in [-0.05, 0) is 31.2 Å². The number of hydrogen-bond donors (Lipinski definition) is 1. The molecule has 0 saturated heterocycles. The molecule has 0 aliphatic rings. The molecule has 11 heteroatoms. The van der Waals surface area contributed by atoms with Crippen molar-refractivity contribution < 1.29 is 14.1 Å². The van der Waals surface area contributed by atoms with Crippen LogP contribution >= 0.6 is 34.8 Å². The number of anilines is 1. The fourth-order valence-corrected chi connectivity index (χ4v) is 3.59. The lowest BCUT2D eigenvalue weighted by molar-refractivity contribution is 0.101. The van der Waals surface area contributed by atoms with Gasteiger partial charge >= 0.3 is 0 Å². The zero-order valence-corrected chi connectivity index (χ0v) is 18.9. The Morgan fingerprint density at radius 1 is 1.06 bits per heavy atom. The van der Waals surface area contributed by atoms with Gasteiger partial charge in [0, 0.05) is 15.6 Å². The SMILES string of the molecule is Cc1onc(C(=O)Nc2ncn(Cc3c(Cl)cccc3Cl)n2)c1COc1ccccc1Cl. The molecular formula is C21H16Cl3N5O3. The number of aromatic nitrogens is 4. The van der Waals surface area contributed by atoms with E-state index >= 15 is 0 Å². The van der Waals surface area contributed by atoms with Crippen molar-refractivity contribution in [2.45, 2.75) is 20.1 Å². The Hall–Kier alpha value is -3.07. The third kappa shape index (κ3) is 4.88. The number of aryl methyl sites for hydroxylation is 1. The average Bonchev–Trinajstić information content (AvgIpc) is 3.36. The molecule has 164 valence electrons. The van der Waals surface area contributed by atoms with Crippen LogP contribution in [0.5, 0.6) is 5.75 Å². The zero-order chi connectivity index (χ0) is 22.7. The number of rotatable bonds is 7. The van der Waals surface area contributed by atoms with E-state index in [4.69, 9.17) is 44.1 Å². The van der Waals surface area contributed by atoms with Gasteiger partial charge in [0.15, 0.2) is 5.69 Å². The Morgan fingerprint density at radius 2 is 1.78 bits per heavy atom. The molecule has 0 saturated carbocycles. The molecule has 1 amide bonds. The van der Waals surface area contributed by atoms with Crippen LogP contribution in [0.1, 0.15) is 27.4 Å². The van der Waals surface area contributed by atoms with E-state index in [9.17, 15) is 4.79 Å².